The Morgan fingerprint density at radius 2 is 0.882 bits per heavy atom. The predicted molar refractivity (Wildman–Crippen MR) is 232 cm³/mol. The van der Waals surface area contributed by atoms with Gasteiger partial charge in [0.05, 0.1) is 12.7 Å². The molecule has 0 aromatic rings. The first kappa shape index (κ1) is 50.1. The number of unbranched alkanes of at least 4 members (excludes halogenated alkanes) is 18. The van der Waals surface area contributed by atoms with Gasteiger partial charge < -0.3 is 14.5 Å². The Hall–Kier alpha value is -0.900. The quantitative estimate of drug-likeness (QED) is 0.0464. The molecule has 0 N–H and O–H groups in total. The summed E-state index contributed by atoms with van der Waals surface area (Å²) in [6, 6.07) is 0.584. The Balaban J connectivity index is 4.64. The summed E-state index contributed by atoms with van der Waals surface area (Å²) in [5.74, 6) is 0.624. The van der Waals surface area contributed by atoms with Gasteiger partial charge in [0, 0.05) is 12.6 Å². The minimum Gasteiger partial charge on any atom is -0.378 e. The molecule has 0 amide bonds. The number of hydrogen-bond donors (Lipinski definition) is 0. The summed E-state index contributed by atoms with van der Waals surface area (Å²) < 4.78 is 6.92. The van der Waals surface area contributed by atoms with E-state index in [9.17, 15) is 0 Å². The van der Waals surface area contributed by atoms with Gasteiger partial charge in [-0.15, -0.1) is 0 Å². The lowest BCUT2D eigenvalue weighted by molar-refractivity contribution is -0.00886. The molecule has 0 heterocycles. The van der Waals surface area contributed by atoms with Crippen molar-refractivity contribution in [1.29, 1.82) is 0 Å². The Labute approximate surface area is 322 Å². The molecule has 0 radical (unpaired) electrons. The summed E-state index contributed by atoms with van der Waals surface area (Å²) in [5.41, 5.74) is 0. The van der Waals surface area contributed by atoms with Gasteiger partial charge in [-0.3, -0.25) is 0 Å². The van der Waals surface area contributed by atoms with E-state index in [4.69, 9.17) is 4.74 Å². The fraction of sp³-hybridized carbons (Fsp3) is 0.875. The van der Waals surface area contributed by atoms with Gasteiger partial charge in [-0.1, -0.05) is 168 Å². The van der Waals surface area contributed by atoms with Crippen LogP contribution in [0.1, 0.15) is 215 Å². The third-order valence-electron chi connectivity index (χ3n) is 11.3. The average Bonchev–Trinajstić information content (AvgIpc) is 3.14. The molecule has 0 aromatic heterocycles. The molecule has 51 heavy (non-hydrogen) atoms. The molecule has 0 fully saturated rings. The lowest BCUT2D eigenvalue weighted by Gasteiger charge is -2.34. The number of allylic oxidation sites excluding steroid dienone is 6. The maximum absolute atomic E-state index is 6.92. The highest BCUT2D eigenvalue weighted by atomic mass is 16.5. The van der Waals surface area contributed by atoms with E-state index in [2.05, 4.69) is 94.7 Å². The average molecular weight is 715 g/mol. The Bertz CT molecular complexity index is 752. The predicted octanol–water partition coefficient (Wildman–Crippen LogP) is 14.9. The SMILES string of the molecule is CCCCC/C=C\C/C=C\CCCCCCC(COC(CCCCCCC/C=C\CCCCCCCC)CCN(CC)CC)C(C)N(CC)CC. The number of hydrogen-bond acceptors (Lipinski definition) is 3. The van der Waals surface area contributed by atoms with Crippen molar-refractivity contribution >= 4 is 0 Å². The lowest BCUT2D eigenvalue weighted by Crippen LogP contribution is -2.41. The van der Waals surface area contributed by atoms with Crippen molar-refractivity contribution in [3.05, 3.63) is 36.5 Å². The molecule has 0 aromatic carbocycles. The zero-order chi connectivity index (χ0) is 37.5. The summed E-state index contributed by atoms with van der Waals surface area (Å²) in [5, 5.41) is 0. The van der Waals surface area contributed by atoms with E-state index in [1.807, 2.05) is 0 Å². The first-order valence-corrected chi connectivity index (χ1v) is 23.1. The van der Waals surface area contributed by atoms with Gasteiger partial charge in [-0.25, -0.2) is 0 Å². The Kier molecular flexibility index (Phi) is 39.6. The molecule has 0 aliphatic rings. The van der Waals surface area contributed by atoms with Crippen LogP contribution in [-0.4, -0.2) is 61.3 Å². The molecule has 3 nitrogen and oxygen atoms in total. The molecule has 0 spiro atoms. The summed E-state index contributed by atoms with van der Waals surface area (Å²) in [6.07, 6.45) is 49.2. The molecule has 3 heteroatoms. The lowest BCUT2D eigenvalue weighted by atomic mass is 9.93. The first-order chi connectivity index (χ1) is 25.1. The third-order valence-corrected chi connectivity index (χ3v) is 11.3. The van der Waals surface area contributed by atoms with Crippen molar-refractivity contribution in [2.75, 3.05) is 39.3 Å². The molecule has 0 rings (SSSR count). The molecular weight excluding hydrogens is 621 g/mol. The highest BCUT2D eigenvalue weighted by Gasteiger charge is 2.23. The minimum absolute atomic E-state index is 0.403. The van der Waals surface area contributed by atoms with Gasteiger partial charge >= 0.3 is 0 Å². The van der Waals surface area contributed by atoms with E-state index in [1.54, 1.807) is 0 Å². The van der Waals surface area contributed by atoms with E-state index in [0.717, 1.165) is 39.2 Å². The van der Waals surface area contributed by atoms with Crippen LogP contribution in [0.2, 0.25) is 0 Å². The van der Waals surface area contributed by atoms with Crippen LogP contribution in [0.25, 0.3) is 0 Å². The Morgan fingerprint density at radius 1 is 0.451 bits per heavy atom. The summed E-state index contributed by atoms with van der Waals surface area (Å²) in [6.45, 7) is 23.0. The van der Waals surface area contributed by atoms with Crippen molar-refractivity contribution in [1.82, 2.24) is 9.80 Å². The first-order valence-electron chi connectivity index (χ1n) is 23.1. The van der Waals surface area contributed by atoms with Gasteiger partial charge in [-0.2, -0.15) is 0 Å². The molecule has 0 bridgehead atoms. The van der Waals surface area contributed by atoms with Gasteiger partial charge in [-0.05, 0) is 116 Å². The van der Waals surface area contributed by atoms with E-state index < -0.39 is 0 Å². The molecule has 3 unspecified atom stereocenters. The fourth-order valence-corrected chi connectivity index (χ4v) is 7.48. The maximum Gasteiger partial charge on any atom is 0.0587 e. The van der Waals surface area contributed by atoms with E-state index >= 15 is 0 Å². The van der Waals surface area contributed by atoms with Gasteiger partial charge in [0.25, 0.3) is 0 Å². The number of ether oxygens (including phenoxy) is 1. The zero-order valence-electron chi connectivity index (χ0n) is 36.1. The van der Waals surface area contributed by atoms with Crippen LogP contribution in [0.15, 0.2) is 36.5 Å². The largest absolute Gasteiger partial charge is 0.378 e. The van der Waals surface area contributed by atoms with Crippen LogP contribution in [-0.2, 0) is 4.74 Å². The minimum atomic E-state index is 0.403. The van der Waals surface area contributed by atoms with Gasteiger partial charge in [0.2, 0.25) is 0 Å². The Morgan fingerprint density at radius 3 is 1.39 bits per heavy atom. The van der Waals surface area contributed by atoms with Crippen molar-refractivity contribution in [3.8, 4) is 0 Å². The second-order valence-corrected chi connectivity index (χ2v) is 15.5. The highest BCUT2D eigenvalue weighted by molar-refractivity contribution is 4.92. The van der Waals surface area contributed by atoms with Gasteiger partial charge in [0.15, 0.2) is 0 Å². The number of rotatable bonds is 40. The second kappa shape index (κ2) is 40.3. The molecule has 3 atom stereocenters. The van der Waals surface area contributed by atoms with Crippen LogP contribution in [0.5, 0.6) is 0 Å². The van der Waals surface area contributed by atoms with E-state index in [1.165, 1.54) is 167 Å². The molecule has 0 aliphatic heterocycles. The molecule has 0 saturated heterocycles. The topological polar surface area (TPSA) is 15.7 Å². The van der Waals surface area contributed by atoms with E-state index in [0.29, 0.717) is 18.1 Å². The zero-order valence-corrected chi connectivity index (χ0v) is 36.1. The molecule has 0 aliphatic carbocycles. The highest BCUT2D eigenvalue weighted by Crippen LogP contribution is 2.23. The molecule has 0 saturated carbocycles. The van der Waals surface area contributed by atoms with Crippen LogP contribution in [0.3, 0.4) is 0 Å². The van der Waals surface area contributed by atoms with Crippen LogP contribution >= 0.6 is 0 Å². The van der Waals surface area contributed by atoms with Crippen molar-refractivity contribution in [2.45, 2.75) is 228 Å². The number of nitrogens with zero attached hydrogens (tertiary/aromatic N) is 2. The standard InChI is InChI=1S/C48H94N2O/c1-8-14-16-18-20-22-24-26-28-30-32-34-36-38-40-42-48(43-44-49(10-3)11-4)51-45-47(46(7)50(12-5)13-6)41-39-37-35-33-31-29-27-25-23-21-19-17-15-9-2/h21,23,26-29,46-48H,8-20,22,24-25,30-45H2,1-7H3/b23-21-,28-26-,29-27-. The van der Waals surface area contributed by atoms with Crippen LogP contribution in [0.4, 0.5) is 0 Å². The smallest absolute Gasteiger partial charge is 0.0587 e. The summed E-state index contributed by atoms with van der Waals surface area (Å²) in [7, 11) is 0. The van der Waals surface area contributed by atoms with E-state index in [-0.39, 0.29) is 0 Å². The summed E-state index contributed by atoms with van der Waals surface area (Å²) >= 11 is 0. The van der Waals surface area contributed by atoms with Crippen molar-refractivity contribution in [2.24, 2.45) is 5.92 Å². The maximum atomic E-state index is 6.92. The third kappa shape index (κ3) is 32.3. The second-order valence-electron chi connectivity index (χ2n) is 15.5. The van der Waals surface area contributed by atoms with Crippen LogP contribution < -0.4 is 0 Å². The molecular formula is C48H94N2O. The fourth-order valence-electron chi connectivity index (χ4n) is 7.48. The van der Waals surface area contributed by atoms with Crippen LogP contribution in [0, 0.1) is 5.92 Å². The monoisotopic (exact) mass is 715 g/mol. The molecule has 302 valence electrons. The van der Waals surface area contributed by atoms with Crippen molar-refractivity contribution in [3.63, 3.8) is 0 Å². The van der Waals surface area contributed by atoms with Gasteiger partial charge in [0.1, 0.15) is 0 Å². The van der Waals surface area contributed by atoms with Crippen molar-refractivity contribution < 1.29 is 4.74 Å². The normalized spacial score (nSPS) is 14.3. The summed E-state index contributed by atoms with van der Waals surface area (Å²) in [4.78, 5) is 5.23.